The Balaban J connectivity index is 1.58. The van der Waals surface area contributed by atoms with Gasteiger partial charge in [0.1, 0.15) is 28.8 Å². The van der Waals surface area contributed by atoms with Crippen LogP contribution < -0.4 is 0 Å². The lowest BCUT2D eigenvalue weighted by atomic mass is 9.56. The van der Waals surface area contributed by atoms with E-state index in [1.54, 1.807) is 6.92 Å². The van der Waals surface area contributed by atoms with E-state index in [9.17, 15) is 54.9 Å². The van der Waals surface area contributed by atoms with E-state index in [2.05, 4.69) is 4.99 Å². The van der Waals surface area contributed by atoms with Gasteiger partial charge in [-0.15, -0.1) is 0 Å². The largest absolute Gasteiger partial charge is 0.507 e. The summed E-state index contributed by atoms with van der Waals surface area (Å²) in [6.45, 7) is 3.65. The summed E-state index contributed by atoms with van der Waals surface area (Å²) in [5, 5.41) is 80.0. The number of methoxy groups -OCH3 is 3. The molecule has 16 nitrogen and oxygen atoms in total. The van der Waals surface area contributed by atoms with E-state index in [4.69, 9.17) is 18.9 Å². The Kier molecular flexibility index (Phi) is 8.80. The van der Waals surface area contributed by atoms with Crippen LogP contribution in [0.2, 0.25) is 0 Å². The number of aryl methyl sites for hydroxylation is 1. The molecule has 6 rings (SSSR count). The molecule has 2 aromatic rings. The number of aliphatic hydroxyl groups excluding tert-OH is 3. The maximum atomic E-state index is 14.7. The van der Waals surface area contributed by atoms with Crippen LogP contribution in [0.3, 0.4) is 0 Å². The van der Waals surface area contributed by atoms with Gasteiger partial charge in [0, 0.05) is 37.3 Å². The second-order valence-corrected chi connectivity index (χ2v) is 13.6. The number of aliphatic imine (C=N–C) groups is 1. The molecule has 1 unspecified atom stereocenters. The van der Waals surface area contributed by atoms with E-state index in [1.165, 1.54) is 27.0 Å². The number of ether oxygens (including phenoxy) is 4. The highest BCUT2D eigenvalue weighted by molar-refractivity contribution is 6.27. The fourth-order valence-electron chi connectivity index (χ4n) is 8.31. The van der Waals surface area contributed by atoms with Crippen molar-refractivity contribution in [3.05, 3.63) is 56.6 Å². The third kappa shape index (κ3) is 4.64. The highest BCUT2D eigenvalue weighted by Gasteiger charge is 2.73. The van der Waals surface area contributed by atoms with Gasteiger partial charge in [0.15, 0.2) is 23.2 Å². The summed E-state index contributed by atoms with van der Waals surface area (Å²) < 4.78 is 21.5. The number of Topliss-reactive ketones (excluding diaryl/α,β-unsaturated/α-hetero) is 3. The number of aromatic hydroxyl groups is 2. The van der Waals surface area contributed by atoms with Crippen molar-refractivity contribution in [3.8, 4) is 11.5 Å². The van der Waals surface area contributed by atoms with Crippen LogP contribution in [0, 0.1) is 12.8 Å². The first-order valence-electron chi connectivity index (χ1n) is 16.1. The van der Waals surface area contributed by atoms with Gasteiger partial charge in [-0.2, -0.15) is 0 Å². The monoisotopic (exact) mass is 713 g/mol. The van der Waals surface area contributed by atoms with Gasteiger partial charge in [-0.1, -0.05) is 6.07 Å². The van der Waals surface area contributed by atoms with Crippen molar-refractivity contribution in [1.29, 1.82) is 0 Å². The fourth-order valence-corrected chi connectivity index (χ4v) is 8.31. The van der Waals surface area contributed by atoms with E-state index < -0.39 is 135 Å². The van der Waals surface area contributed by atoms with Gasteiger partial charge in [0.2, 0.25) is 11.6 Å². The number of esters is 1. The molecule has 0 radical (unpaired) electrons. The number of carbonyl (C=O) groups is 4. The van der Waals surface area contributed by atoms with E-state index in [-0.39, 0.29) is 22.4 Å². The second kappa shape index (κ2) is 12.2. The first-order chi connectivity index (χ1) is 23.9. The summed E-state index contributed by atoms with van der Waals surface area (Å²) >= 11 is 0. The van der Waals surface area contributed by atoms with Crippen molar-refractivity contribution in [2.24, 2.45) is 10.9 Å². The van der Waals surface area contributed by atoms with Crippen molar-refractivity contribution in [2.45, 2.75) is 81.1 Å². The molecule has 1 saturated heterocycles. The summed E-state index contributed by atoms with van der Waals surface area (Å²) in [6, 6.07) is 2.27. The smallest absolute Gasteiger partial charge is 0.341 e. The fraction of sp³-hybridized carbons (Fsp3) is 0.514. The molecule has 9 atom stereocenters. The van der Waals surface area contributed by atoms with E-state index in [1.807, 2.05) is 0 Å². The summed E-state index contributed by atoms with van der Waals surface area (Å²) in [6.07, 6.45) is -7.09. The van der Waals surface area contributed by atoms with E-state index in [0.29, 0.717) is 0 Å². The van der Waals surface area contributed by atoms with Crippen LogP contribution in [0.5, 0.6) is 11.5 Å². The molecule has 3 aliphatic carbocycles. The molecule has 16 heteroatoms. The number of rotatable bonds is 5. The molecule has 0 amide bonds. The topological polar surface area (TPSA) is 259 Å². The van der Waals surface area contributed by atoms with E-state index >= 15 is 0 Å². The Labute approximate surface area is 290 Å². The minimum absolute atomic E-state index is 0.00162. The first kappa shape index (κ1) is 36.7. The zero-order valence-electron chi connectivity index (χ0n) is 28.6. The SMILES string of the molecule is COC(=O)c1c(C)cc2c(c1O)[C@]1(O)C(=O)c3cc4c(c(O)c3C(=O)[C@]1(OC)[C@H](O)C2)C(=O)CC(=N[C@H]1O[C@@H](C)[C@H](OC)[C@@H](O)[C@H]1CO)C4(C)O. The van der Waals surface area contributed by atoms with Crippen molar-refractivity contribution in [3.63, 3.8) is 0 Å². The highest BCUT2D eigenvalue weighted by Crippen LogP contribution is 2.57. The standard InChI is InChI=1S/C35H39NO15/c1-12-7-14-8-20(39)35(50-6)30(44)22-15(29(43)34(35,47)24(14)27(42)21(12)32(45)49-5)9-17-23(26(22)41)18(38)10-19(33(17,3)46)36-31-16(11-37)25(40)28(48-4)13(2)51-31/h7,9,13,16,20,25,28,31,37,39-42,46-47H,8,10-11H2,1-6H3/t13-,16+,20+,25-,28-,31-,33?,34-,35+/m0/s1. The van der Waals surface area contributed by atoms with Gasteiger partial charge in [-0.25, -0.2) is 4.79 Å². The van der Waals surface area contributed by atoms with Gasteiger partial charge < -0.3 is 54.7 Å². The molecule has 1 aliphatic heterocycles. The molecule has 1 fully saturated rings. The minimum Gasteiger partial charge on any atom is -0.507 e. The number of hydrogen-bond acceptors (Lipinski definition) is 16. The second-order valence-electron chi connectivity index (χ2n) is 13.6. The van der Waals surface area contributed by atoms with Crippen LogP contribution in [0.15, 0.2) is 17.1 Å². The Morgan fingerprint density at radius 2 is 1.71 bits per heavy atom. The van der Waals surface area contributed by atoms with Crippen molar-refractivity contribution >= 4 is 29.0 Å². The van der Waals surface area contributed by atoms with Crippen LogP contribution >= 0.6 is 0 Å². The molecule has 0 spiro atoms. The number of benzene rings is 2. The van der Waals surface area contributed by atoms with Crippen LogP contribution in [0.25, 0.3) is 0 Å². The number of fused-ring (bicyclic) bond motifs is 5. The number of phenols is 2. The Bertz CT molecular complexity index is 1920. The molecular formula is C35H39NO15. The van der Waals surface area contributed by atoms with E-state index in [0.717, 1.165) is 20.3 Å². The van der Waals surface area contributed by atoms with Crippen molar-refractivity contribution in [1.82, 2.24) is 0 Å². The number of carbonyl (C=O) groups excluding carboxylic acids is 4. The molecule has 1 heterocycles. The Morgan fingerprint density at radius 3 is 2.29 bits per heavy atom. The molecule has 0 saturated carbocycles. The molecule has 51 heavy (non-hydrogen) atoms. The normalized spacial score (nSPS) is 35.2. The number of ketones is 3. The van der Waals surface area contributed by atoms with Gasteiger partial charge >= 0.3 is 5.97 Å². The molecule has 0 aromatic heterocycles. The lowest BCUT2D eigenvalue weighted by Crippen LogP contribution is -2.73. The number of hydrogen-bond donors (Lipinski definition) is 7. The van der Waals surface area contributed by atoms with Crippen LogP contribution in [-0.2, 0) is 36.6 Å². The average molecular weight is 714 g/mol. The summed E-state index contributed by atoms with van der Waals surface area (Å²) in [5.74, 6) is -7.54. The summed E-state index contributed by atoms with van der Waals surface area (Å²) in [5.41, 5.74) is -11.9. The third-order valence-corrected chi connectivity index (χ3v) is 10.9. The first-order valence-corrected chi connectivity index (χ1v) is 16.1. The Hall–Kier alpha value is -4.13. The number of nitrogens with zero attached hydrogens (tertiary/aromatic N) is 1. The molecule has 4 aliphatic rings. The van der Waals surface area contributed by atoms with Gasteiger partial charge in [0.25, 0.3) is 0 Å². The molecule has 274 valence electrons. The summed E-state index contributed by atoms with van der Waals surface area (Å²) in [4.78, 5) is 60.1. The molecule has 7 N–H and O–H groups in total. The third-order valence-electron chi connectivity index (χ3n) is 10.9. The Morgan fingerprint density at radius 1 is 1.04 bits per heavy atom. The number of aliphatic hydroxyl groups is 5. The molecule has 2 aromatic carbocycles. The predicted molar refractivity (Wildman–Crippen MR) is 172 cm³/mol. The highest BCUT2D eigenvalue weighted by atomic mass is 16.6. The lowest BCUT2D eigenvalue weighted by molar-refractivity contribution is -0.207. The summed E-state index contributed by atoms with van der Waals surface area (Å²) in [7, 11) is 3.33. The average Bonchev–Trinajstić information content (AvgIpc) is 3.05. The lowest BCUT2D eigenvalue weighted by Gasteiger charge is -2.53. The minimum atomic E-state index is -3.23. The molecular weight excluding hydrogens is 674 g/mol. The quantitative estimate of drug-likeness (QED) is 0.197. The van der Waals surface area contributed by atoms with Crippen molar-refractivity contribution in [2.75, 3.05) is 27.9 Å². The predicted octanol–water partition coefficient (Wildman–Crippen LogP) is -0.274. The van der Waals surface area contributed by atoms with Gasteiger partial charge in [0.05, 0.1) is 61.2 Å². The van der Waals surface area contributed by atoms with Crippen LogP contribution in [0.4, 0.5) is 0 Å². The zero-order chi connectivity index (χ0) is 37.7. The van der Waals surface area contributed by atoms with Crippen molar-refractivity contribution < 1.29 is 73.9 Å². The maximum absolute atomic E-state index is 14.7. The molecule has 0 bridgehead atoms. The maximum Gasteiger partial charge on any atom is 0.341 e. The number of phenolic OH excluding ortho intramolecular Hbond substituents is 2. The van der Waals surface area contributed by atoms with Crippen LogP contribution in [-0.4, -0.2) is 129 Å². The van der Waals surface area contributed by atoms with Gasteiger partial charge in [-0.3, -0.25) is 19.4 Å². The van der Waals surface area contributed by atoms with Gasteiger partial charge in [-0.05, 0) is 38.0 Å². The van der Waals surface area contributed by atoms with Crippen LogP contribution in [0.1, 0.15) is 84.0 Å². The zero-order valence-corrected chi connectivity index (χ0v) is 28.6.